The molecule has 0 bridgehead atoms. The maximum atomic E-state index is 12.6. The van der Waals surface area contributed by atoms with E-state index in [9.17, 15) is 9.59 Å². The van der Waals surface area contributed by atoms with Crippen molar-refractivity contribution < 1.29 is 19.1 Å². The zero-order valence-corrected chi connectivity index (χ0v) is 19.8. The summed E-state index contributed by atoms with van der Waals surface area (Å²) >= 11 is 0. The minimum absolute atomic E-state index is 0.145. The van der Waals surface area contributed by atoms with Crippen LogP contribution in [0.15, 0.2) is 48.5 Å². The highest BCUT2D eigenvalue weighted by Gasteiger charge is 2.22. The zero-order valence-electron chi connectivity index (χ0n) is 19.8. The Bertz CT molecular complexity index is 877. The Morgan fingerprint density at radius 3 is 2.24 bits per heavy atom. The molecule has 0 aliphatic rings. The van der Waals surface area contributed by atoms with Crippen LogP contribution >= 0.6 is 0 Å². The van der Waals surface area contributed by atoms with Gasteiger partial charge in [0.05, 0.1) is 6.54 Å². The summed E-state index contributed by atoms with van der Waals surface area (Å²) in [5.41, 5.74) is 12.9. The van der Waals surface area contributed by atoms with Gasteiger partial charge in [0.1, 0.15) is 18.0 Å². The second-order valence-electron chi connectivity index (χ2n) is 8.75. The number of nitrogens with one attached hydrogen (secondary N) is 1. The highest BCUT2D eigenvalue weighted by molar-refractivity contribution is 5.94. The van der Waals surface area contributed by atoms with E-state index in [4.69, 9.17) is 20.9 Å². The van der Waals surface area contributed by atoms with Crippen molar-refractivity contribution >= 4 is 17.7 Å². The van der Waals surface area contributed by atoms with E-state index >= 15 is 0 Å². The van der Waals surface area contributed by atoms with Crippen molar-refractivity contribution in [1.29, 1.82) is 0 Å². The van der Waals surface area contributed by atoms with E-state index in [1.54, 1.807) is 29.2 Å². The van der Waals surface area contributed by atoms with Crippen molar-refractivity contribution in [2.24, 2.45) is 5.73 Å². The van der Waals surface area contributed by atoms with Crippen molar-refractivity contribution in [3.05, 3.63) is 59.7 Å². The maximum absolute atomic E-state index is 12.6. The van der Waals surface area contributed by atoms with Crippen LogP contribution in [0, 0.1) is 0 Å². The van der Waals surface area contributed by atoms with Gasteiger partial charge >= 0.3 is 6.09 Å². The summed E-state index contributed by atoms with van der Waals surface area (Å²) in [5.74, 6) is 0.578. The first-order valence-corrected chi connectivity index (χ1v) is 11.2. The molecule has 0 unspecified atom stereocenters. The van der Waals surface area contributed by atoms with Crippen LogP contribution in [0.2, 0.25) is 0 Å². The van der Waals surface area contributed by atoms with Crippen molar-refractivity contribution in [3.63, 3.8) is 0 Å². The van der Waals surface area contributed by atoms with Gasteiger partial charge in [0, 0.05) is 30.9 Å². The summed E-state index contributed by atoms with van der Waals surface area (Å²) in [6.07, 6.45) is 1.06. The topological polar surface area (TPSA) is 120 Å². The van der Waals surface area contributed by atoms with Gasteiger partial charge in [0.15, 0.2) is 0 Å². The summed E-state index contributed by atoms with van der Waals surface area (Å²) < 4.78 is 11.3. The van der Waals surface area contributed by atoms with Gasteiger partial charge in [0.2, 0.25) is 0 Å². The van der Waals surface area contributed by atoms with Crippen LogP contribution in [0.4, 0.5) is 10.5 Å². The van der Waals surface area contributed by atoms with E-state index in [2.05, 4.69) is 5.32 Å². The molecule has 0 radical (unpaired) electrons. The SMILES string of the molecule is CC(C)(C)OC(=O)N(CCCCNC(=O)c1ccc(N)cc1)CCOc1ccc(CN)cc1. The monoisotopic (exact) mass is 456 g/mol. The zero-order chi connectivity index (χ0) is 24.3. The van der Waals surface area contributed by atoms with Crippen LogP contribution in [-0.2, 0) is 11.3 Å². The fraction of sp³-hybridized carbons (Fsp3) is 0.440. The molecule has 180 valence electrons. The third-order valence-electron chi connectivity index (χ3n) is 4.75. The normalized spacial score (nSPS) is 11.0. The Balaban J connectivity index is 1.79. The number of carbonyl (C=O) groups excluding carboxylic acids is 2. The molecule has 2 aromatic rings. The van der Waals surface area contributed by atoms with Gasteiger partial charge in [-0.05, 0) is 75.6 Å². The van der Waals surface area contributed by atoms with Gasteiger partial charge in [-0.25, -0.2) is 4.79 Å². The Morgan fingerprint density at radius 2 is 1.64 bits per heavy atom. The summed E-state index contributed by atoms with van der Waals surface area (Å²) in [6.45, 7) is 7.74. The molecule has 2 rings (SSSR count). The average Bonchev–Trinajstić information content (AvgIpc) is 2.77. The molecule has 8 heteroatoms. The van der Waals surface area contributed by atoms with Crippen LogP contribution in [0.3, 0.4) is 0 Å². The second kappa shape index (κ2) is 12.7. The largest absolute Gasteiger partial charge is 0.492 e. The second-order valence-corrected chi connectivity index (χ2v) is 8.75. The van der Waals surface area contributed by atoms with E-state index in [1.165, 1.54) is 0 Å². The van der Waals surface area contributed by atoms with Gasteiger partial charge < -0.3 is 31.2 Å². The summed E-state index contributed by atoms with van der Waals surface area (Å²) in [4.78, 5) is 26.4. The fourth-order valence-corrected chi connectivity index (χ4v) is 2.98. The van der Waals surface area contributed by atoms with Crippen LogP contribution in [-0.4, -0.2) is 48.7 Å². The fourth-order valence-electron chi connectivity index (χ4n) is 2.98. The highest BCUT2D eigenvalue weighted by atomic mass is 16.6. The molecule has 0 spiro atoms. The number of nitrogens with two attached hydrogens (primary N) is 2. The van der Waals surface area contributed by atoms with Gasteiger partial charge in [-0.1, -0.05) is 12.1 Å². The average molecular weight is 457 g/mol. The molecule has 2 aromatic carbocycles. The van der Waals surface area contributed by atoms with Gasteiger partial charge in [-0.3, -0.25) is 4.79 Å². The van der Waals surface area contributed by atoms with E-state index in [0.717, 1.165) is 17.7 Å². The Kier molecular flexibility index (Phi) is 10.00. The number of carbonyl (C=O) groups is 2. The molecule has 0 saturated heterocycles. The Hall–Kier alpha value is -3.26. The molecule has 33 heavy (non-hydrogen) atoms. The van der Waals surface area contributed by atoms with Crippen molar-refractivity contribution in [2.45, 2.75) is 45.8 Å². The first kappa shape index (κ1) is 26.0. The molecular formula is C25H36N4O4. The lowest BCUT2D eigenvalue weighted by atomic mass is 10.2. The molecule has 0 aromatic heterocycles. The van der Waals surface area contributed by atoms with Gasteiger partial charge in [-0.2, -0.15) is 0 Å². The number of nitrogen functional groups attached to an aromatic ring is 1. The van der Waals surface area contributed by atoms with Crippen LogP contribution in [0.5, 0.6) is 5.75 Å². The highest BCUT2D eigenvalue weighted by Crippen LogP contribution is 2.13. The predicted molar refractivity (Wildman–Crippen MR) is 130 cm³/mol. The number of rotatable bonds is 11. The molecule has 0 aliphatic carbocycles. The first-order valence-electron chi connectivity index (χ1n) is 11.2. The lowest BCUT2D eigenvalue weighted by Gasteiger charge is -2.27. The molecular weight excluding hydrogens is 420 g/mol. The van der Waals surface area contributed by atoms with Crippen LogP contribution < -0.4 is 21.5 Å². The smallest absolute Gasteiger partial charge is 0.410 e. The number of ether oxygens (including phenoxy) is 2. The minimum atomic E-state index is -0.582. The first-order chi connectivity index (χ1) is 15.7. The molecule has 0 atom stereocenters. The van der Waals surface area contributed by atoms with E-state index < -0.39 is 5.60 Å². The van der Waals surface area contributed by atoms with Crippen molar-refractivity contribution in [3.8, 4) is 5.75 Å². The third kappa shape index (κ3) is 9.82. The van der Waals surface area contributed by atoms with Crippen molar-refractivity contribution in [2.75, 3.05) is 32.0 Å². The molecule has 2 amide bonds. The van der Waals surface area contributed by atoms with Crippen LogP contribution in [0.25, 0.3) is 0 Å². The number of hydrogen-bond donors (Lipinski definition) is 3. The Morgan fingerprint density at radius 1 is 0.970 bits per heavy atom. The summed E-state index contributed by atoms with van der Waals surface area (Å²) in [5, 5.41) is 2.89. The number of amides is 2. The predicted octanol–water partition coefficient (Wildman–Crippen LogP) is 3.55. The molecule has 8 nitrogen and oxygen atoms in total. The molecule has 0 fully saturated rings. The number of hydrogen-bond acceptors (Lipinski definition) is 6. The maximum Gasteiger partial charge on any atom is 0.410 e. The number of unbranched alkanes of at least 4 members (excludes halogenated alkanes) is 1. The summed E-state index contributed by atoms with van der Waals surface area (Å²) in [6, 6.07) is 14.3. The molecule has 0 heterocycles. The minimum Gasteiger partial charge on any atom is -0.492 e. The number of anilines is 1. The number of nitrogens with zero attached hydrogens (tertiary/aromatic N) is 1. The van der Waals surface area contributed by atoms with Crippen molar-refractivity contribution in [1.82, 2.24) is 10.2 Å². The Labute approximate surface area is 196 Å². The van der Waals surface area contributed by atoms with E-state index in [0.29, 0.717) is 50.5 Å². The lowest BCUT2D eigenvalue weighted by Crippen LogP contribution is -2.40. The van der Waals surface area contributed by atoms with Crippen LogP contribution in [0.1, 0.15) is 49.5 Å². The molecule has 0 saturated carbocycles. The number of benzene rings is 2. The lowest BCUT2D eigenvalue weighted by molar-refractivity contribution is 0.0223. The van der Waals surface area contributed by atoms with Gasteiger partial charge in [-0.15, -0.1) is 0 Å². The summed E-state index contributed by atoms with van der Waals surface area (Å²) in [7, 11) is 0. The molecule has 5 N–H and O–H groups in total. The van der Waals surface area contributed by atoms with Gasteiger partial charge in [0.25, 0.3) is 5.91 Å². The van der Waals surface area contributed by atoms with E-state index in [1.807, 2.05) is 45.0 Å². The molecule has 0 aliphatic heterocycles. The quantitative estimate of drug-likeness (QED) is 0.351. The standard InChI is InChI=1S/C25H36N4O4/c1-25(2,3)33-24(31)29(16-17-32-22-12-6-19(18-26)7-13-22)15-5-4-14-28-23(30)20-8-10-21(27)11-9-20/h6-13H,4-5,14-18,26-27H2,1-3H3,(H,28,30). The van der Waals surface area contributed by atoms with E-state index in [-0.39, 0.29) is 12.0 Å². The third-order valence-corrected chi connectivity index (χ3v) is 4.75.